The van der Waals surface area contributed by atoms with Gasteiger partial charge in [0.1, 0.15) is 0 Å². The highest BCUT2D eigenvalue weighted by Crippen LogP contribution is 2.26. The van der Waals surface area contributed by atoms with Crippen LogP contribution in [0.4, 0.5) is 0 Å². The maximum absolute atomic E-state index is 13.1. The van der Waals surface area contributed by atoms with E-state index in [1.54, 1.807) is 12.1 Å². The largest absolute Gasteiger partial charge is 0.343 e. The summed E-state index contributed by atoms with van der Waals surface area (Å²) < 4.78 is 30.0. The first-order valence-electron chi connectivity index (χ1n) is 11.7. The summed E-state index contributed by atoms with van der Waals surface area (Å²) in [5.41, 5.74) is 3.83. The summed E-state index contributed by atoms with van der Waals surface area (Å²) in [5.74, 6) is 0.0904. The number of Topliss-reactive ketones (excluding diaryl/α,β-unsaturated/α-hetero) is 1. The Hall–Kier alpha value is -1.96. The van der Waals surface area contributed by atoms with Gasteiger partial charge in [0.25, 0.3) is 0 Å². The summed E-state index contributed by atoms with van der Waals surface area (Å²) in [7, 11) is -3.54. The Balaban J connectivity index is 1.65. The summed E-state index contributed by atoms with van der Waals surface area (Å²) in [4.78, 5) is 15.4. The van der Waals surface area contributed by atoms with E-state index in [0.29, 0.717) is 37.6 Å². The fourth-order valence-electron chi connectivity index (χ4n) is 4.77. The second-order valence-electron chi connectivity index (χ2n) is 11.2. The molecule has 7 heteroatoms. The number of aryl methyl sites for hydroxylation is 1. The number of carbonyl (C=O) groups is 1. The number of carbonyl (C=O) groups excluding carboxylic acids is 1. The van der Waals surface area contributed by atoms with E-state index < -0.39 is 10.0 Å². The minimum Gasteiger partial charge on any atom is -0.343 e. The number of nitrogens with zero attached hydrogens (tertiary/aromatic N) is 3. The standard InChI is InChI=1S/C26H39N3O3S/c1-19-17-23(20(2)29(19)26(6,7)8)24(30)18-27-13-15-28(16-14-27)33(31,32)22-11-9-21(10-12-22)25(3,4)5/h9-12,17H,13-16,18H2,1-8H3. The van der Waals surface area contributed by atoms with Gasteiger partial charge >= 0.3 is 0 Å². The molecule has 1 saturated heterocycles. The van der Waals surface area contributed by atoms with Gasteiger partial charge in [0.05, 0.1) is 11.4 Å². The topological polar surface area (TPSA) is 62.6 Å². The quantitative estimate of drug-likeness (QED) is 0.606. The minimum absolute atomic E-state index is 0.0226. The molecule has 0 bridgehead atoms. The van der Waals surface area contributed by atoms with Crippen LogP contribution in [0.2, 0.25) is 0 Å². The first-order chi connectivity index (χ1) is 15.1. The van der Waals surface area contributed by atoms with Crippen LogP contribution in [-0.2, 0) is 21.0 Å². The van der Waals surface area contributed by atoms with E-state index >= 15 is 0 Å². The monoisotopic (exact) mass is 473 g/mol. The molecule has 33 heavy (non-hydrogen) atoms. The zero-order chi connectivity index (χ0) is 24.8. The molecule has 6 nitrogen and oxygen atoms in total. The average molecular weight is 474 g/mol. The molecule has 0 amide bonds. The van der Waals surface area contributed by atoms with Crippen molar-refractivity contribution in [2.24, 2.45) is 0 Å². The van der Waals surface area contributed by atoms with Gasteiger partial charge in [-0.05, 0) is 63.8 Å². The molecule has 182 valence electrons. The van der Waals surface area contributed by atoms with Crippen molar-refractivity contribution in [3.8, 4) is 0 Å². The zero-order valence-electron chi connectivity index (χ0n) is 21.4. The minimum atomic E-state index is -3.54. The smallest absolute Gasteiger partial charge is 0.243 e. The second kappa shape index (κ2) is 9.01. The fourth-order valence-corrected chi connectivity index (χ4v) is 6.19. The summed E-state index contributed by atoms with van der Waals surface area (Å²) >= 11 is 0. The van der Waals surface area contributed by atoms with E-state index in [-0.39, 0.29) is 16.7 Å². The van der Waals surface area contributed by atoms with Gasteiger partial charge in [-0.1, -0.05) is 32.9 Å². The molecule has 2 aromatic rings. The Morgan fingerprint density at radius 1 is 0.909 bits per heavy atom. The third kappa shape index (κ3) is 5.42. The van der Waals surface area contributed by atoms with Gasteiger partial charge < -0.3 is 4.57 Å². The van der Waals surface area contributed by atoms with Crippen LogP contribution in [0.15, 0.2) is 35.2 Å². The fraction of sp³-hybridized carbons (Fsp3) is 0.577. The normalized spacial score (nSPS) is 16.8. The van der Waals surface area contributed by atoms with E-state index in [9.17, 15) is 13.2 Å². The lowest BCUT2D eigenvalue weighted by Crippen LogP contribution is -2.49. The molecule has 0 aliphatic carbocycles. The predicted molar refractivity (Wildman–Crippen MR) is 134 cm³/mol. The lowest BCUT2D eigenvalue weighted by Gasteiger charge is -2.33. The number of rotatable bonds is 5. The van der Waals surface area contributed by atoms with Crippen molar-refractivity contribution < 1.29 is 13.2 Å². The molecule has 0 spiro atoms. The molecule has 1 aliphatic rings. The SMILES string of the molecule is Cc1cc(C(=O)CN2CCN(S(=O)(=O)c3ccc(C(C)(C)C)cc3)CC2)c(C)n1C(C)(C)C. The van der Waals surface area contributed by atoms with Crippen LogP contribution in [0.1, 0.15) is 68.9 Å². The average Bonchev–Trinajstić information content (AvgIpc) is 3.02. The van der Waals surface area contributed by atoms with Crippen molar-refractivity contribution in [3.05, 3.63) is 52.8 Å². The second-order valence-corrected chi connectivity index (χ2v) is 13.1. The van der Waals surface area contributed by atoms with Crippen molar-refractivity contribution in [1.29, 1.82) is 0 Å². The molecule has 0 N–H and O–H groups in total. The van der Waals surface area contributed by atoms with Crippen molar-refractivity contribution in [2.75, 3.05) is 32.7 Å². The molecule has 0 atom stereocenters. The summed E-state index contributed by atoms with van der Waals surface area (Å²) in [6, 6.07) is 9.18. The van der Waals surface area contributed by atoms with E-state index in [1.165, 1.54) is 4.31 Å². The van der Waals surface area contributed by atoms with Crippen molar-refractivity contribution in [1.82, 2.24) is 13.8 Å². The van der Waals surface area contributed by atoms with Crippen LogP contribution in [-0.4, -0.2) is 60.7 Å². The summed E-state index contributed by atoms with van der Waals surface area (Å²) in [6.45, 7) is 18.9. The summed E-state index contributed by atoms with van der Waals surface area (Å²) in [5, 5.41) is 0. The van der Waals surface area contributed by atoms with Gasteiger partial charge in [-0.3, -0.25) is 9.69 Å². The van der Waals surface area contributed by atoms with E-state index in [1.807, 2.05) is 32.0 Å². The Labute approximate surface area is 199 Å². The number of aromatic nitrogens is 1. The van der Waals surface area contributed by atoms with E-state index in [4.69, 9.17) is 0 Å². The molecule has 3 rings (SSSR count). The molecule has 2 heterocycles. The predicted octanol–water partition coefficient (Wildman–Crippen LogP) is 4.35. The number of ketones is 1. The van der Waals surface area contributed by atoms with Gasteiger partial charge in [-0.15, -0.1) is 0 Å². The van der Waals surface area contributed by atoms with Gasteiger partial charge in [-0.2, -0.15) is 4.31 Å². The van der Waals surface area contributed by atoms with E-state index in [2.05, 4.69) is 51.0 Å². The molecule has 0 saturated carbocycles. The molecule has 1 aliphatic heterocycles. The number of sulfonamides is 1. The van der Waals surface area contributed by atoms with Gasteiger partial charge in [-0.25, -0.2) is 8.42 Å². The van der Waals surface area contributed by atoms with Crippen LogP contribution in [0, 0.1) is 13.8 Å². The van der Waals surface area contributed by atoms with Crippen LogP contribution < -0.4 is 0 Å². The Bertz CT molecular complexity index is 1110. The zero-order valence-corrected chi connectivity index (χ0v) is 22.2. The highest BCUT2D eigenvalue weighted by Gasteiger charge is 2.30. The molecule has 0 unspecified atom stereocenters. The highest BCUT2D eigenvalue weighted by molar-refractivity contribution is 7.89. The van der Waals surface area contributed by atoms with Crippen LogP contribution in [0.3, 0.4) is 0 Å². The molecule has 1 fully saturated rings. The lowest BCUT2D eigenvalue weighted by molar-refractivity contribution is 0.0901. The van der Waals surface area contributed by atoms with Gasteiger partial charge in [0.15, 0.2) is 5.78 Å². The molecular formula is C26H39N3O3S. The molecule has 1 aromatic carbocycles. The number of hydrogen-bond donors (Lipinski definition) is 0. The molecular weight excluding hydrogens is 434 g/mol. The Morgan fingerprint density at radius 3 is 1.91 bits per heavy atom. The number of piperazine rings is 1. The third-order valence-corrected chi connectivity index (χ3v) is 8.37. The first-order valence-corrected chi connectivity index (χ1v) is 13.1. The van der Waals surface area contributed by atoms with Crippen molar-refractivity contribution >= 4 is 15.8 Å². The highest BCUT2D eigenvalue weighted by atomic mass is 32.2. The van der Waals surface area contributed by atoms with Crippen LogP contribution in [0.25, 0.3) is 0 Å². The Morgan fingerprint density at radius 2 is 1.45 bits per heavy atom. The Kier molecular flexibility index (Phi) is 7.00. The van der Waals surface area contributed by atoms with Crippen molar-refractivity contribution in [2.45, 2.75) is 71.2 Å². The van der Waals surface area contributed by atoms with Gasteiger partial charge in [0.2, 0.25) is 10.0 Å². The van der Waals surface area contributed by atoms with Crippen LogP contribution in [0.5, 0.6) is 0 Å². The first kappa shape index (κ1) is 25.7. The lowest BCUT2D eigenvalue weighted by atomic mass is 9.87. The molecule has 0 radical (unpaired) electrons. The maximum Gasteiger partial charge on any atom is 0.243 e. The number of benzene rings is 1. The number of hydrogen-bond acceptors (Lipinski definition) is 4. The van der Waals surface area contributed by atoms with Crippen molar-refractivity contribution in [3.63, 3.8) is 0 Å². The molecule has 1 aromatic heterocycles. The third-order valence-electron chi connectivity index (χ3n) is 6.46. The van der Waals surface area contributed by atoms with E-state index in [0.717, 1.165) is 22.5 Å². The van der Waals surface area contributed by atoms with Crippen LogP contribution >= 0.6 is 0 Å². The maximum atomic E-state index is 13.1. The van der Waals surface area contributed by atoms with Gasteiger partial charge in [0, 0.05) is 48.7 Å². The summed E-state index contributed by atoms with van der Waals surface area (Å²) in [6.07, 6.45) is 0.